The van der Waals surface area contributed by atoms with E-state index in [2.05, 4.69) is 36.2 Å². The van der Waals surface area contributed by atoms with Crippen LogP contribution < -0.4 is 0 Å². The summed E-state index contributed by atoms with van der Waals surface area (Å²) >= 11 is 0. The lowest BCUT2D eigenvalue weighted by Gasteiger charge is -2.33. The van der Waals surface area contributed by atoms with Crippen molar-refractivity contribution in [2.24, 2.45) is 0 Å². The number of rotatable bonds is 4. The molecule has 5 heteroatoms. The molecule has 0 N–H and O–H groups in total. The van der Waals surface area contributed by atoms with Crippen molar-refractivity contribution in [2.45, 2.75) is 51.4 Å². The van der Waals surface area contributed by atoms with Crippen LogP contribution in [0.4, 0.5) is 0 Å². The van der Waals surface area contributed by atoms with Crippen LogP contribution in [-0.2, 0) is 10.2 Å². The lowest BCUT2D eigenvalue weighted by molar-refractivity contribution is -0.133. The molecular weight excluding hydrogens is 302 g/mol. The Morgan fingerprint density at radius 3 is 2.46 bits per heavy atom. The first-order valence-electron chi connectivity index (χ1n) is 8.59. The van der Waals surface area contributed by atoms with Crippen molar-refractivity contribution < 1.29 is 9.21 Å². The molecule has 1 aromatic heterocycles. The van der Waals surface area contributed by atoms with E-state index < -0.39 is 0 Å². The third-order valence-corrected chi connectivity index (χ3v) is 4.89. The summed E-state index contributed by atoms with van der Waals surface area (Å²) in [5.41, 5.74) is 1.05. The van der Waals surface area contributed by atoms with Crippen molar-refractivity contribution in [1.82, 2.24) is 15.1 Å². The average molecular weight is 327 g/mol. The van der Waals surface area contributed by atoms with Crippen molar-refractivity contribution in [1.29, 1.82) is 0 Å². The Bertz CT molecular complexity index is 686. The van der Waals surface area contributed by atoms with E-state index in [1.807, 2.05) is 23.1 Å². The fraction of sp³-hybridized carbons (Fsp3) is 0.526. The molecular formula is C19H25N3O2. The lowest BCUT2D eigenvalue weighted by Crippen LogP contribution is -2.40. The van der Waals surface area contributed by atoms with Crippen LogP contribution in [0.3, 0.4) is 0 Å². The predicted octanol–water partition coefficient (Wildman–Crippen LogP) is 3.45. The van der Waals surface area contributed by atoms with Crippen LogP contribution in [-0.4, -0.2) is 34.1 Å². The van der Waals surface area contributed by atoms with Gasteiger partial charge in [-0.1, -0.05) is 44.2 Å². The van der Waals surface area contributed by atoms with Gasteiger partial charge in [0.25, 0.3) is 0 Å². The van der Waals surface area contributed by atoms with Crippen molar-refractivity contribution in [3.63, 3.8) is 0 Å². The van der Waals surface area contributed by atoms with Gasteiger partial charge in [0, 0.05) is 32.4 Å². The number of aromatic nitrogens is 2. The lowest BCUT2D eigenvalue weighted by atomic mass is 9.81. The van der Waals surface area contributed by atoms with Crippen LogP contribution >= 0.6 is 0 Å². The van der Waals surface area contributed by atoms with Gasteiger partial charge in [-0.25, -0.2) is 0 Å². The SMILES string of the molecule is Cc1nnc(C2CCN(C(=O)CC(C)(C)c3ccccc3)CC2)o1. The Kier molecular flexibility index (Phi) is 4.69. The van der Waals surface area contributed by atoms with Gasteiger partial charge in [-0.05, 0) is 23.8 Å². The van der Waals surface area contributed by atoms with E-state index in [0.29, 0.717) is 18.2 Å². The first-order valence-corrected chi connectivity index (χ1v) is 8.59. The number of nitrogens with zero attached hydrogens (tertiary/aromatic N) is 3. The van der Waals surface area contributed by atoms with Crippen molar-refractivity contribution in [2.75, 3.05) is 13.1 Å². The van der Waals surface area contributed by atoms with E-state index in [9.17, 15) is 4.79 Å². The van der Waals surface area contributed by atoms with Crippen LogP contribution in [0.1, 0.15) is 56.4 Å². The maximum absolute atomic E-state index is 12.7. The summed E-state index contributed by atoms with van der Waals surface area (Å²) in [5, 5.41) is 8.02. The molecule has 128 valence electrons. The first-order chi connectivity index (χ1) is 11.5. The van der Waals surface area contributed by atoms with E-state index in [0.717, 1.165) is 25.9 Å². The summed E-state index contributed by atoms with van der Waals surface area (Å²) < 4.78 is 5.53. The summed E-state index contributed by atoms with van der Waals surface area (Å²) in [6.07, 6.45) is 2.31. The van der Waals surface area contributed by atoms with Gasteiger partial charge in [0.15, 0.2) is 0 Å². The Morgan fingerprint density at radius 2 is 1.88 bits per heavy atom. The molecule has 2 heterocycles. The molecule has 0 atom stereocenters. The number of amides is 1. The minimum atomic E-state index is -0.154. The molecule has 0 unspecified atom stereocenters. The van der Waals surface area contributed by atoms with Crippen LogP contribution in [0.5, 0.6) is 0 Å². The molecule has 3 rings (SSSR count). The summed E-state index contributed by atoms with van der Waals surface area (Å²) in [6.45, 7) is 7.59. The highest BCUT2D eigenvalue weighted by Gasteiger charge is 2.31. The molecule has 0 radical (unpaired) electrons. The molecule has 1 aliphatic heterocycles. The van der Waals surface area contributed by atoms with E-state index in [1.54, 1.807) is 6.92 Å². The maximum atomic E-state index is 12.7. The van der Waals surface area contributed by atoms with E-state index in [1.165, 1.54) is 5.56 Å². The summed E-state index contributed by atoms with van der Waals surface area (Å²) in [7, 11) is 0. The second kappa shape index (κ2) is 6.75. The highest BCUT2D eigenvalue weighted by Crippen LogP contribution is 2.31. The molecule has 1 aliphatic rings. The van der Waals surface area contributed by atoms with Gasteiger partial charge in [0.1, 0.15) is 0 Å². The number of hydrogen-bond acceptors (Lipinski definition) is 4. The van der Waals surface area contributed by atoms with Crippen LogP contribution in [0, 0.1) is 6.92 Å². The second-order valence-electron chi connectivity index (χ2n) is 7.24. The number of likely N-dealkylation sites (tertiary alicyclic amines) is 1. The van der Waals surface area contributed by atoms with Gasteiger partial charge in [-0.2, -0.15) is 0 Å². The van der Waals surface area contributed by atoms with Gasteiger partial charge >= 0.3 is 0 Å². The molecule has 0 spiro atoms. The van der Waals surface area contributed by atoms with Gasteiger partial charge < -0.3 is 9.32 Å². The summed E-state index contributed by atoms with van der Waals surface area (Å²) in [4.78, 5) is 14.7. The predicted molar refractivity (Wildman–Crippen MR) is 91.7 cm³/mol. The minimum Gasteiger partial charge on any atom is -0.425 e. The fourth-order valence-corrected chi connectivity index (χ4v) is 3.33. The highest BCUT2D eigenvalue weighted by atomic mass is 16.4. The van der Waals surface area contributed by atoms with Crippen LogP contribution in [0.15, 0.2) is 34.7 Å². The van der Waals surface area contributed by atoms with E-state index >= 15 is 0 Å². The Hall–Kier alpha value is -2.17. The number of carbonyl (C=O) groups excluding carboxylic acids is 1. The molecule has 0 bridgehead atoms. The largest absolute Gasteiger partial charge is 0.425 e. The van der Waals surface area contributed by atoms with Crippen LogP contribution in [0.2, 0.25) is 0 Å². The zero-order chi connectivity index (χ0) is 17.2. The molecule has 24 heavy (non-hydrogen) atoms. The summed E-state index contributed by atoms with van der Waals surface area (Å²) in [5.74, 6) is 1.82. The minimum absolute atomic E-state index is 0.154. The molecule has 1 amide bonds. The molecule has 0 saturated carbocycles. The third-order valence-electron chi connectivity index (χ3n) is 4.89. The van der Waals surface area contributed by atoms with Crippen molar-refractivity contribution in [3.8, 4) is 0 Å². The van der Waals surface area contributed by atoms with Crippen molar-refractivity contribution in [3.05, 3.63) is 47.7 Å². The van der Waals surface area contributed by atoms with E-state index in [-0.39, 0.29) is 17.2 Å². The number of aryl methyl sites for hydroxylation is 1. The number of benzene rings is 1. The molecule has 5 nitrogen and oxygen atoms in total. The third kappa shape index (κ3) is 3.66. The summed E-state index contributed by atoms with van der Waals surface area (Å²) in [6, 6.07) is 10.2. The number of piperidine rings is 1. The smallest absolute Gasteiger partial charge is 0.223 e. The molecule has 1 saturated heterocycles. The Balaban J connectivity index is 1.57. The van der Waals surface area contributed by atoms with Gasteiger partial charge in [0.2, 0.25) is 17.7 Å². The highest BCUT2D eigenvalue weighted by molar-refractivity contribution is 5.77. The van der Waals surface area contributed by atoms with Gasteiger partial charge in [-0.15, -0.1) is 10.2 Å². The second-order valence-corrected chi connectivity index (χ2v) is 7.24. The topological polar surface area (TPSA) is 59.2 Å². The quantitative estimate of drug-likeness (QED) is 0.863. The zero-order valence-corrected chi connectivity index (χ0v) is 14.7. The normalized spacial score (nSPS) is 16.4. The molecule has 1 fully saturated rings. The monoisotopic (exact) mass is 327 g/mol. The molecule has 2 aromatic rings. The Labute approximate surface area is 143 Å². The Morgan fingerprint density at radius 1 is 1.21 bits per heavy atom. The molecule has 1 aromatic carbocycles. The number of hydrogen-bond donors (Lipinski definition) is 0. The van der Waals surface area contributed by atoms with Crippen molar-refractivity contribution >= 4 is 5.91 Å². The van der Waals surface area contributed by atoms with Gasteiger partial charge in [-0.3, -0.25) is 4.79 Å². The van der Waals surface area contributed by atoms with E-state index in [4.69, 9.17) is 4.42 Å². The molecule has 0 aliphatic carbocycles. The number of carbonyl (C=O) groups is 1. The van der Waals surface area contributed by atoms with Gasteiger partial charge in [0.05, 0.1) is 0 Å². The maximum Gasteiger partial charge on any atom is 0.223 e. The average Bonchev–Trinajstić information content (AvgIpc) is 3.02. The van der Waals surface area contributed by atoms with Crippen LogP contribution in [0.25, 0.3) is 0 Å². The standard InChI is InChI=1S/C19H25N3O2/c1-14-20-21-18(24-14)15-9-11-22(12-10-15)17(23)13-19(2,3)16-7-5-4-6-8-16/h4-8,15H,9-13H2,1-3H3. The fourth-order valence-electron chi connectivity index (χ4n) is 3.33. The zero-order valence-electron chi connectivity index (χ0n) is 14.7. The first kappa shape index (κ1) is 16.7.